The van der Waals surface area contributed by atoms with E-state index >= 15 is 0 Å². The summed E-state index contributed by atoms with van der Waals surface area (Å²) in [4.78, 5) is 11.5. The Hall–Kier alpha value is -2.64. The van der Waals surface area contributed by atoms with Crippen LogP contribution in [-0.2, 0) is 16.9 Å². The van der Waals surface area contributed by atoms with Crippen LogP contribution in [0.5, 0.6) is 0 Å². The van der Waals surface area contributed by atoms with Crippen molar-refractivity contribution in [1.82, 2.24) is 15.6 Å². The lowest BCUT2D eigenvalue weighted by Gasteiger charge is -2.29. The normalized spacial score (nSPS) is 16.9. The Morgan fingerprint density at radius 2 is 1.93 bits per heavy atom. The number of hydrogen-bond acceptors (Lipinski definition) is 5. The molecule has 1 aromatic heterocycles. The molecule has 7 heteroatoms. The summed E-state index contributed by atoms with van der Waals surface area (Å²) >= 11 is 0. The number of pyridine rings is 1. The Labute approximate surface area is 172 Å². The smallest absolute Gasteiger partial charge is 0.191 e. The van der Waals surface area contributed by atoms with E-state index in [0.29, 0.717) is 19.0 Å². The molecular weight excluding hydrogens is 366 g/mol. The Morgan fingerprint density at radius 1 is 1.17 bits per heavy atom. The fourth-order valence-electron chi connectivity index (χ4n) is 3.27. The number of aromatic nitrogens is 1. The lowest BCUT2D eigenvalue weighted by atomic mass is 9.96. The second-order valence-electron chi connectivity index (χ2n) is 7.27. The van der Waals surface area contributed by atoms with Crippen molar-refractivity contribution in [2.24, 2.45) is 4.99 Å². The van der Waals surface area contributed by atoms with Gasteiger partial charge in [0, 0.05) is 31.4 Å². The van der Waals surface area contributed by atoms with Gasteiger partial charge < -0.3 is 25.4 Å². The van der Waals surface area contributed by atoms with Crippen molar-refractivity contribution < 1.29 is 9.84 Å². The quantitative estimate of drug-likeness (QED) is 0.489. The maximum absolute atomic E-state index is 10.8. The number of guanidine groups is 1. The van der Waals surface area contributed by atoms with Crippen molar-refractivity contribution in [1.29, 1.82) is 0 Å². The van der Waals surface area contributed by atoms with Crippen molar-refractivity contribution in [3.05, 3.63) is 59.8 Å². The van der Waals surface area contributed by atoms with Gasteiger partial charge in [-0.05, 0) is 25.5 Å². The fraction of sp³-hybridized carbons (Fsp3) is 0.455. The van der Waals surface area contributed by atoms with E-state index in [1.54, 1.807) is 6.92 Å². The average Bonchev–Trinajstić information content (AvgIpc) is 2.77. The first-order valence-electron chi connectivity index (χ1n) is 10.2. The summed E-state index contributed by atoms with van der Waals surface area (Å²) in [6.45, 7) is 8.54. The van der Waals surface area contributed by atoms with Gasteiger partial charge in [0.15, 0.2) is 5.96 Å². The van der Waals surface area contributed by atoms with Gasteiger partial charge in [-0.25, -0.2) is 9.98 Å². The predicted octanol–water partition coefficient (Wildman–Crippen LogP) is 1.88. The summed E-state index contributed by atoms with van der Waals surface area (Å²) in [5.74, 6) is 1.63. The zero-order valence-electron chi connectivity index (χ0n) is 17.3. The third kappa shape index (κ3) is 5.92. The van der Waals surface area contributed by atoms with E-state index in [4.69, 9.17) is 9.73 Å². The van der Waals surface area contributed by atoms with Crippen LogP contribution in [0.2, 0.25) is 0 Å². The maximum atomic E-state index is 10.8. The Morgan fingerprint density at radius 3 is 2.66 bits per heavy atom. The van der Waals surface area contributed by atoms with Crippen LogP contribution in [0, 0.1) is 0 Å². The minimum Gasteiger partial charge on any atom is -0.384 e. The van der Waals surface area contributed by atoms with E-state index in [2.05, 4.69) is 26.6 Å². The SMILES string of the molecule is CCNC(=NCc1cccnc1N1CCOCC1)NCC(C)(O)c1ccccc1. The van der Waals surface area contributed by atoms with Gasteiger partial charge in [-0.15, -0.1) is 0 Å². The summed E-state index contributed by atoms with van der Waals surface area (Å²) in [6, 6.07) is 13.7. The summed E-state index contributed by atoms with van der Waals surface area (Å²) in [5.41, 5.74) is 0.941. The molecule has 0 radical (unpaired) electrons. The molecule has 1 aliphatic rings. The number of morpholine rings is 1. The molecule has 2 aromatic rings. The monoisotopic (exact) mass is 397 g/mol. The van der Waals surface area contributed by atoms with Gasteiger partial charge in [0.1, 0.15) is 11.4 Å². The molecule has 0 bridgehead atoms. The molecule has 3 N–H and O–H groups in total. The molecule has 1 unspecified atom stereocenters. The molecule has 1 atom stereocenters. The molecule has 1 aliphatic heterocycles. The van der Waals surface area contributed by atoms with Crippen LogP contribution in [0.15, 0.2) is 53.7 Å². The third-order valence-corrected chi connectivity index (χ3v) is 4.93. The topological polar surface area (TPSA) is 82.0 Å². The highest BCUT2D eigenvalue weighted by Crippen LogP contribution is 2.20. The lowest BCUT2D eigenvalue weighted by Crippen LogP contribution is -2.44. The summed E-state index contributed by atoms with van der Waals surface area (Å²) < 4.78 is 5.45. The minimum absolute atomic E-state index is 0.353. The number of aliphatic hydroxyl groups is 1. The van der Waals surface area contributed by atoms with Crippen molar-refractivity contribution in [2.75, 3.05) is 44.3 Å². The van der Waals surface area contributed by atoms with Crippen LogP contribution in [0.3, 0.4) is 0 Å². The van der Waals surface area contributed by atoms with E-state index < -0.39 is 5.60 Å². The van der Waals surface area contributed by atoms with Crippen molar-refractivity contribution in [3.63, 3.8) is 0 Å². The molecule has 1 saturated heterocycles. The van der Waals surface area contributed by atoms with Crippen LogP contribution in [0.4, 0.5) is 5.82 Å². The zero-order valence-corrected chi connectivity index (χ0v) is 17.3. The predicted molar refractivity (Wildman–Crippen MR) is 116 cm³/mol. The first kappa shape index (κ1) is 21.1. The second kappa shape index (κ2) is 10.2. The molecule has 29 heavy (non-hydrogen) atoms. The van der Waals surface area contributed by atoms with Gasteiger partial charge in [0.05, 0.1) is 26.3 Å². The molecule has 0 amide bonds. The van der Waals surface area contributed by atoms with E-state index in [1.807, 2.05) is 49.5 Å². The number of ether oxygens (including phenoxy) is 1. The number of aliphatic imine (C=N–C) groups is 1. The van der Waals surface area contributed by atoms with Crippen molar-refractivity contribution in [2.45, 2.75) is 26.0 Å². The minimum atomic E-state index is -0.995. The molecule has 7 nitrogen and oxygen atoms in total. The van der Waals surface area contributed by atoms with Gasteiger partial charge in [-0.2, -0.15) is 0 Å². The second-order valence-corrected chi connectivity index (χ2v) is 7.27. The molecule has 156 valence electrons. The van der Waals surface area contributed by atoms with Crippen molar-refractivity contribution >= 4 is 11.8 Å². The van der Waals surface area contributed by atoms with Crippen LogP contribution >= 0.6 is 0 Å². The van der Waals surface area contributed by atoms with E-state index in [-0.39, 0.29) is 0 Å². The van der Waals surface area contributed by atoms with Crippen LogP contribution in [0.1, 0.15) is 25.0 Å². The molecule has 3 rings (SSSR count). The first-order valence-corrected chi connectivity index (χ1v) is 10.2. The average molecular weight is 398 g/mol. The number of nitrogens with one attached hydrogen (secondary N) is 2. The molecule has 1 fully saturated rings. The largest absolute Gasteiger partial charge is 0.384 e. The van der Waals surface area contributed by atoms with Gasteiger partial charge >= 0.3 is 0 Å². The number of hydrogen-bond donors (Lipinski definition) is 3. The van der Waals surface area contributed by atoms with Crippen LogP contribution in [-0.4, -0.2) is 55.4 Å². The van der Waals surface area contributed by atoms with E-state index in [0.717, 1.165) is 49.8 Å². The molecule has 0 spiro atoms. The highest BCUT2D eigenvalue weighted by atomic mass is 16.5. The Bertz CT molecular complexity index is 789. The highest BCUT2D eigenvalue weighted by Gasteiger charge is 2.23. The van der Waals surface area contributed by atoms with Crippen LogP contribution < -0.4 is 15.5 Å². The Balaban J connectivity index is 1.68. The molecule has 1 aromatic carbocycles. The van der Waals surface area contributed by atoms with Gasteiger partial charge in [-0.1, -0.05) is 36.4 Å². The van der Waals surface area contributed by atoms with Gasteiger partial charge in [0.2, 0.25) is 0 Å². The van der Waals surface area contributed by atoms with Gasteiger partial charge in [-0.3, -0.25) is 0 Å². The van der Waals surface area contributed by atoms with Gasteiger partial charge in [0.25, 0.3) is 0 Å². The first-order chi connectivity index (χ1) is 14.1. The summed E-state index contributed by atoms with van der Waals surface area (Å²) in [5, 5.41) is 17.3. The number of anilines is 1. The van der Waals surface area contributed by atoms with E-state index in [9.17, 15) is 5.11 Å². The van der Waals surface area contributed by atoms with Crippen molar-refractivity contribution in [3.8, 4) is 0 Å². The molecule has 0 aliphatic carbocycles. The number of rotatable bonds is 7. The molecule has 0 saturated carbocycles. The maximum Gasteiger partial charge on any atom is 0.191 e. The highest BCUT2D eigenvalue weighted by molar-refractivity contribution is 5.80. The fourth-order valence-corrected chi connectivity index (χ4v) is 3.27. The number of nitrogens with zero attached hydrogens (tertiary/aromatic N) is 3. The third-order valence-electron chi connectivity index (χ3n) is 4.93. The molecular formula is C22H31N5O2. The summed E-state index contributed by atoms with van der Waals surface area (Å²) in [6.07, 6.45) is 1.82. The standard InChI is InChI=1S/C22H31N5O2/c1-3-23-21(26-17-22(2,28)19-9-5-4-6-10-19)25-16-18-8-7-11-24-20(18)27-12-14-29-15-13-27/h4-11,28H,3,12-17H2,1-2H3,(H2,23,25,26). The Kier molecular flexibility index (Phi) is 7.43. The molecule has 2 heterocycles. The lowest BCUT2D eigenvalue weighted by molar-refractivity contribution is 0.0617. The summed E-state index contributed by atoms with van der Waals surface area (Å²) in [7, 11) is 0. The zero-order chi connectivity index (χ0) is 20.5. The van der Waals surface area contributed by atoms with E-state index in [1.165, 1.54) is 0 Å². The van der Waals surface area contributed by atoms with Crippen LogP contribution in [0.25, 0.3) is 0 Å². The number of benzene rings is 1.